The summed E-state index contributed by atoms with van der Waals surface area (Å²) in [5, 5.41) is 0. The molecule has 112 valence electrons. The first kappa shape index (κ1) is 15.4. The molecule has 0 spiro atoms. The van der Waals surface area contributed by atoms with Crippen molar-refractivity contribution in [3.8, 4) is 5.88 Å². The number of nitrogens with zero attached hydrogens (tertiary/aromatic N) is 3. The predicted octanol–water partition coefficient (Wildman–Crippen LogP) is 1.84. The van der Waals surface area contributed by atoms with Gasteiger partial charge in [-0.25, -0.2) is 4.98 Å². The van der Waals surface area contributed by atoms with E-state index in [9.17, 15) is 0 Å². The lowest BCUT2D eigenvalue weighted by Crippen LogP contribution is -2.47. The molecule has 0 bridgehead atoms. The average molecular weight is 296 g/mol. The SMILES string of the molecule is CCOc1cc(C)nc(N2CCC(CN)(SC)CC2)n1. The van der Waals surface area contributed by atoms with Crippen LogP contribution in [0, 0.1) is 6.92 Å². The molecule has 0 atom stereocenters. The van der Waals surface area contributed by atoms with E-state index in [1.165, 1.54) is 0 Å². The molecule has 1 aliphatic rings. The van der Waals surface area contributed by atoms with Crippen molar-refractivity contribution in [3.63, 3.8) is 0 Å². The maximum absolute atomic E-state index is 5.93. The lowest BCUT2D eigenvalue weighted by atomic mass is 9.96. The van der Waals surface area contributed by atoms with Gasteiger partial charge in [0.25, 0.3) is 0 Å². The Balaban J connectivity index is 2.10. The van der Waals surface area contributed by atoms with Crippen molar-refractivity contribution in [2.24, 2.45) is 5.73 Å². The van der Waals surface area contributed by atoms with Crippen molar-refractivity contribution in [1.82, 2.24) is 9.97 Å². The molecule has 0 unspecified atom stereocenters. The maximum Gasteiger partial charge on any atom is 0.228 e. The van der Waals surface area contributed by atoms with Crippen molar-refractivity contribution in [3.05, 3.63) is 11.8 Å². The molecule has 6 heteroatoms. The van der Waals surface area contributed by atoms with E-state index in [1.807, 2.05) is 31.7 Å². The second-order valence-corrected chi connectivity index (χ2v) is 6.43. The number of thioether (sulfide) groups is 1. The summed E-state index contributed by atoms with van der Waals surface area (Å²) in [6, 6.07) is 1.88. The van der Waals surface area contributed by atoms with Crippen molar-refractivity contribution in [2.75, 3.05) is 37.4 Å². The number of hydrogen-bond acceptors (Lipinski definition) is 6. The molecular formula is C14H24N4OS. The molecule has 1 saturated heterocycles. The first-order chi connectivity index (χ1) is 9.62. The molecule has 0 aromatic carbocycles. The number of piperidine rings is 1. The van der Waals surface area contributed by atoms with Gasteiger partial charge in [-0.1, -0.05) is 0 Å². The van der Waals surface area contributed by atoms with Crippen LogP contribution in [-0.2, 0) is 0 Å². The summed E-state index contributed by atoms with van der Waals surface area (Å²) in [6.45, 7) is 7.20. The summed E-state index contributed by atoms with van der Waals surface area (Å²) >= 11 is 1.89. The molecule has 1 aromatic rings. The fourth-order valence-corrected chi connectivity index (χ4v) is 3.25. The molecule has 0 aliphatic carbocycles. The highest BCUT2D eigenvalue weighted by Crippen LogP contribution is 2.34. The van der Waals surface area contributed by atoms with Crippen LogP contribution in [-0.4, -0.2) is 47.2 Å². The molecular weight excluding hydrogens is 272 g/mol. The van der Waals surface area contributed by atoms with Crippen LogP contribution in [0.3, 0.4) is 0 Å². The van der Waals surface area contributed by atoms with Crippen molar-refractivity contribution >= 4 is 17.7 Å². The molecule has 2 N–H and O–H groups in total. The molecule has 0 saturated carbocycles. The Morgan fingerprint density at radius 2 is 2.10 bits per heavy atom. The summed E-state index contributed by atoms with van der Waals surface area (Å²) in [7, 11) is 0. The van der Waals surface area contributed by atoms with E-state index in [2.05, 4.69) is 21.1 Å². The third-order valence-corrected chi connectivity index (χ3v) is 5.31. The fraction of sp³-hybridized carbons (Fsp3) is 0.714. The van der Waals surface area contributed by atoms with Crippen LogP contribution < -0.4 is 15.4 Å². The number of hydrogen-bond donors (Lipinski definition) is 1. The van der Waals surface area contributed by atoms with E-state index < -0.39 is 0 Å². The molecule has 0 radical (unpaired) electrons. The van der Waals surface area contributed by atoms with Gasteiger partial charge in [0.15, 0.2) is 0 Å². The van der Waals surface area contributed by atoms with Crippen LogP contribution >= 0.6 is 11.8 Å². The van der Waals surface area contributed by atoms with E-state index in [0.717, 1.165) is 44.1 Å². The van der Waals surface area contributed by atoms with Gasteiger partial charge in [-0.2, -0.15) is 16.7 Å². The second kappa shape index (κ2) is 6.63. The van der Waals surface area contributed by atoms with Gasteiger partial charge in [0.05, 0.1) is 6.61 Å². The van der Waals surface area contributed by atoms with Gasteiger partial charge >= 0.3 is 0 Å². The summed E-state index contributed by atoms with van der Waals surface area (Å²) in [5.74, 6) is 1.44. The van der Waals surface area contributed by atoms with E-state index in [-0.39, 0.29) is 4.75 Å². The standard InChI is InChI=1S/C14H24N4OS/c1-4-19-12-9-11(2)16-13(17-12)18-7-5-14(10-15,20-3)6-8-18/h9H,4-8,10,15H2,1-3H3. The van der Waals surface area contributed by atoms with Gasteiger partial charge in [0.2, 0.25) is 11.8 Å². The summed E-state index contributed by atoms with van der Waals surface area (Å²) in [5.41, 5.74) is 6.87. The molecule has 2 heterocycles. The van der Waals surface area contributed by atoms with Crippen molar-refractivity contribution in [1.29, 1.82) is 0 Å². The van der Waals surface area contributed by atoms with Crippen LogP contribution in [0.2, 0.25) is 0 Å². The highest BCUT2D eigenvalue weighted by Gasteiger charge is 2.33. The van der Waals surface area contributed by atoms with E-state index in [4.69, 9.17) is 10.5 Å². The van der Waals surface area contributed by atoms with E-state index in [1.54, 1.807) is 0 Å². The molecule has 5 nitrogen and oxygen atoms in total. The molecule has 0 amide bonds. The zero-order valence-corrected chi connectivity index (χ0v) is 13.4. The molecule has 1 aliphatic heterocycles. The number of aromatic nitrogens is 2. The highest BCUT2D eigenvalue weighted by molar-refractivity contribution is 8.00. The number of aryl methyl sites for hydroxylation is 1. The number of anilines is 1. The lowest BCUT2D eigenvalue weighted by Gasteiger charge is -2.40. The minimum absolute atomic E-state index is 0.225. The lowest BCUT2D eigenvalue weighted by molar-refractivity contribution is 0.325. The number of nitrogens with two attached hydrogens (primary N) is 1. The molecule has 2 rings (SSSR count). The Kier molecular flexibility index (Phi) is 5.10. The fourth-order valence-electron chi connectivity index (χ4n) is 2.49. The third kappa shape index (κ3) is 3.35. The van der Waals surface area contributed by atoms with Gasteiger partial charge in [0.1, 0.15) is 0 Å². The van der Waals surface area contributed by atoms with Crippen LogP contribution in [0.4, 0.5) is 5.95 Å². The van der Waals surface area contributed by atoms with Crippen LogP contribution in [0.5, 0.6) is 5.88 Å². The Labute approximate surface area is 125 Å². The summed E-state index contributed by atoms with van der Waals surface area (Å²) in [6.07, 6.45) is 4.30. The Hall–Kier alpha value is -1.01. The summed E-state index contributed by atoms with van der Waals surface area (Å²) in [4.78, 5) is 11.3. The molecule has 20 heavy (non-hydrogen) atoms. The Morgan fingerprint density at radius 3 is 2.65 bits per heavy atom. The Morgan fingerprint density at radius 1 is 1.40 bits per heavy atom. The van der Waals surface area contributed by atoms with Gasteiger partial charge < -0.3 is 15.4 Å². The molecule has 1 fully saturated rings. The van der Waals surface area contributed by atoms with E-state index in [0.29, 0.717) is 12.5 Å². The van der Waals surface area contributed by atoms with Crippen LogP contribution in [0.1, 0.15) is 25.5 Å². The number of rotatable bonds is 5. The van der Waals surface area contributed by atoms with Crippen molar-refractivity contribution < 1.29 is 4.74 Å². The van der Waals surface area contributed by atoms with E-state index >= 15 is 0 Å². The van der Waals surface area contributed by atoms with Gasteiger partial charge in [-0.15, -0.1) is 0 Å². The van der Waals surface area contributed by atoms with Crippen LogP contribution in [0.15, 0.2) is 6.07 Å². The predicted molar refractivity (Wildman–Crippen MR) is 84.7 cm³/mol. The second-order valence-electron chi connectivity index (χ2n) is 5.16. The maximum atomic E-state index is 5.93. The zero-order chi connectivity index (χ0) is 14.6. The monoisotopic (exact) mass is 296 g/mol. The van der Waals surface area contributed by atoms with Crippen LogP contribution in [0.25, 0.3) is 0 Å². The third-order valence-electron chi connectivity index (χ3n) is 3.87. The van der Waals surface area contributed by atoms with Crippen molar-refractivity contribution in [2.45, 2.75) is 31.4 Å². The largest absolute Gasteiger partial charge is 0.478 e. The number of ether oxygens (including phenoxy) is 1. The minimum Gasteiger partial charge on any atom is -0.478 e. The van der Waals surface area contributed by atoms with Gasteiger partial charge in [0, 0.05) is 36.1 Å². The first-order valence-corrected chi connectivity index (χ1v) is 8.33. The van der Waals surface area contributed by atoms with Gasteiger partial charge in [-0.05, 0) is 32.9 Å². The Bertz CT molecular complexity index is 441. The topological polar surface area (TPSA) is 64.3 Å². The normalized spacial score (nSPS) is 18.1. The molecule has 1 aromatic heterocycles. The average Bonchev–Trinajstić information content (AvgIpc) is 2.47. The minimum atomic E-state index is 0.225. The zero-order valence-electron chi connectivity index (χ0n) is 12.6. The highest BCUT2D eigenvalue weighted by atomic mass is 32.2. The first-order valence-electron chi connectivity index (χ1n) is 7.11. The smallest absolute Gasteiger partial charge is 0.228 e. The quantitative estimate of drug-likeness (QED) is 0.894. The van der Waals surface area contributed by atoms with Gasteiger partial charge in [-0.3, -0.25) is 0 Å². The summed E-state index contributed by atoms with van der Waals surface area (Å²) < 4.78 is 5.72.